The maximum Gasteiger partial charge on any atom is 0.224 e. The zero-order chi connectivity index (χ0) is 10.4. The number of nitrogens with one attached hydrogen (secondary N) is 1. The molecule has 0 fully saturated rings. The molecule has 3 nitrogen and oxygen atoms in total. The van der Waals surface area contributed by atoms with Crippen molar-refractivity contribution in [3.63, 3.8) is 0 Å². The summed E-state index contributed by atoms with van der Waals surface area (Å²) in [7, 11) is 0. The van der Waals surface area contributed by atoms with Crippen LogP contribution in [-0.2, 0) is 11.2 Å². The molecule has 0 atom stereocenters. The van der Waals surface area contributed by atoms with Crippen molar-refractivity contribution in [1.82, 2.24) is 5.32 Å². The summed E-state index contributed by atoms with van der Waals surface area (Å²) in [6.45, 7) is 0.293. The first-order valence-electron chi connectivity index (χ1n) is 4.34. The van der Waals surface area contributed by atoms with Crippen molar-refractivity contribution in [2.45, 2.75) is 6.42 Å². The van der Waals surface area contributed by atoms with E-state index in [4.69, 9.17) is 5.11 Å². The summed E-state index contributed by atoms with van der Waals surface area (Å²) in [6, 6.07) is 7.58. The lowest BCUT2D eigenvalue weighted by atomic mass is 10.1. The molecular formula is C10H12BrNO2. The van der Waals surface area contributed by atoms with Crippen LogP contribution in [0.1, 0.15) is 5.56 Å². The van der Waals surface area contributed by atoms with Gasteiger partial charge in [0.2, 0.25) is 5.91 Å². The standard InChI is InChI=1S/C10H12BrNO2/c11-9-3-1-8(2-4-9)7-10(14)12-5-6-13/h1-4,13H,5-7H2,(H,12,14). The van der Waals surface area contributed by atoms with E-state index in [2.05, 4.69) is 21.2 Å². The molecule has 0 bridgehead atoms. The fourth-order valence-corrected chi connectivity index (χ4v) is 1.31. The van der Waals surface area contributed by atoms with Gasteiger partial charge in [0.25, 0.3) is 0 Å². The number of benzene rings is 1. The molecule has 0 aliphatic rings. The van der Waals surface area contributed by atoms with Gasteiger partial charge in [-0.2, -0.15) is 0 Å². The van der Waals surface area contributed by atoms with Crippen molar-refractivity contribution in [3.8, 4) is 0 Å². The highest BCUT2D eigenvalue weighted by atomic mass is 79.9. The monoisotopic (exact) mass is 257 g/mol. The van der Waals surface area contributed by atoms with E-state index in [1.54, 1.807) is 0 Å². The number of amides is 1. The van der Waals surface area contributed by atoms with Gasteiger partial charge in [0.05, 0.1) is 13.0 Å². The molecule has 0 aliphatic carbocycles. The highest BCUT2D eigenvalue weighted by molar-refractivity contribution is 9.10. The van der Waals surface area contributed by atoms with Crippen molar-refractivity contribution in [1.29, 1.82) is 0 Å². The van der Waals surface area contributed by atoms with E-state index in [1.807, 2.05) is 24.3 Å². The Hall–Kier alpha value is -0.870. The Morgan fingerprint density at radius 1 is 1.36 bits per heavy atom. The zero-order valence-electron chi connectivity index (χ0n) is 7.66. The third kappa shape index (κ3) is 3.89. The first-order valence-corrected chi connectivity index (χ1v) is 5.13. The van der Waals surface area contributed by atoms with Crippen LogP contribution in [0.5, 0.6) is 0 Å². The van der Waals surface area contributed by atoms with Gasteiger partial charge in [-0.3, -0.25) is 4.79 Å². The molecule has 14 heavy (non-hydrogen) atoms. The molecule has 0 aromatic heterocycles. The summed E-state index contributed by atoms with van der Waals surface area (Å²) in [6.07, 6.45) is 0.354. The summed E-state index contributed by atoms with van der Waals surface area (Å²) in [4.78, 5) is 11.2. The second-order valence-electron chi connectivity index (χ2n) is 2.88. The van der Waals surface area contributed by atoms with Crippen LogP contribution in [0.2, 0.25) is 0 Å². The Morgan fingerprint density at radius 3 is 2.57 bits per heavy atom. The normalized spacial score (nSPS) is 9.86. The molecule has 2 N–H and O–H groups in total. The number of rotatable bonds is 4. The Morgan fingerprint density at radius 2 is 2.00 bits per heavy atom. The molecule has 0 aliphatic heterocycles. The summed E-state index contributed by atoms with van der Waals surface area (Å²) in [5.74, 6) is -0.0682. The van der Waals surface area contributed by atoms with Crippen molar-refractivity contribution >= 4 is 21.8 Å². The van der Waals surface area contributed by atoms with Crippen molar-refractivity contribution in [2.24, 2.45) is 0 Å². The van der Waals surface area contributed by atoms with E-state index < -0.39 is 0 Å². The van der Waals surface area contributed by atoms with Crippen LogP contribution in [0.4, 0.5) is 0 Å². The highest BCUT2D eigenvalue weighted by Gasteiger charge is 2.01. The average Bonchev–Trinajstić information content (AvgIpc) is 2.18. The quantitative estimate of drug-likeness (QED) is 0.849. The number of carbonyl (C=O) groups excluding carboxylic acids is 1. The van der Waals surface area contributed by atoms with Crippen LogP contribution >= 0.6 is 15.9 Å². The van der Waals surface area contributed by atoms with E-state index in [-0.39, 0.29) is 12.5 Å². The van der Waals surface area contributed by atoms with E-state index in [0.29, 0.717) is 13.0 Å². The van der Waals surface area contributed by atoms with Crippen LogP contribution in [0, 0.1) is 0 Å². The van der Waals surface area contributed by atoms with Gasteiger partial charge in [-0.25, -0.2) is 0 Å². The molecule has 0 saturated heterocycles. The molecular weight excluding hydrogens is 246 g/mol. The Balaban J connectivity index is 2.44. The minimum Gasteiger partial charge on any atom is -0.395 e. The molecule has 0 spiro atoms. The lowest BCUT2D eigenvalue weighted by Crippen LogP contribution is -2.27. The molecule has 0 heterocycles. The summed E-state index contributed by atoms with van der Waals surface area (Å²) in [5.41, 5.74) is 0.962. The molecule has 0 unspecified atom stereocenters. The fourth-order valence-electron chi connectivity index (χ4n) is 1.05. The third-order valence-electron chi connectivity index (χ3n) is 1.71. The predicted octanol–water partition coefficient (Wildman–Crippen LogP) is 1.10. The average molecular weight is 258 g/mol. The van der Waals surface area contributed by atoms with E-state index in [1.165, 1.54) is 0 Å². The van der Waals surface area contributed by atoms with E-state index in [9.17, 15) is 4.79 Å². The molecule has 0 radical (unpaired) electrons. The highest BCUT2D eigenvalue weighted by Crippen LogP contribution is 2.10. The van der Waals surface area contributed by atoms with Gasteiger partial charge in [-0.1, -0.05) is 28.1 Å². The van der Waals surface area contributed by atoms with E-state index >= 15 is 0 Å². The van der Waals surface area contributed by atoms with Crippen LogP contribution < -0.4 is 5.32 Å². The largest absolute Gasteiger partial charge is 0.395 e. The predicted molar refractivity (Wildman–Crippen MR) is 57.9 cm³/mol. The molecule has 76 valence electrons. The number of carbonyl (C=O) groups is 1. The molecule has 1 aromatic carbocycles. The molecule has 1 amide bonds. The second kappa shape index (κ2) is 5.78. The molecule has 0 saturated carbocycles. The number of aliphatic hydroxyl groups excluding tert-OH is 1. The van der Waals surface area contributed by atoms with E-state index in [0.717, 1.165) is 10.0 Å². The Bertz CT molecular complexity index is 297. The number of aliphatic hydroxyl groups is 1. The minimum absolute atomic E-state index is 0.0217. The topological polar surface area (TPSA) is 49.3 Å². The lowest BCUT2D eigenvalue weighted by Gasteiger charge is -2.03. The second-order valence-corrected chi connectivity index (χ2v) is 3.79. The Kier molecular flexibility index (Phi) is 4.62. The first kappa shape index (κ1) is 11.2. The van der Waals surface area contributed by atoms with Gasteiger partial charge in [0, 0.05) is 11.0 Å². The molecule has 1 aromatic rings. The molecule has 1 rings (SSSR count). The van der Waals surface area contributed by atoms with Crippen LogP contribution in [0.15, 0.2) is 28.7 Å². The fraction of sp³-hybridized carbons (Fsp3) is 0.300. The van der Waals surface area contributed by atoms with Gasteiger partial charge < -0.3 is 10.4 Å². The van der Waals surface area contributed by atoms with Crippen LogP contribution in [0.25, 0.3) is 0 Å². The number of halogens is 1. The lowest BCUT2D eigenvalue weighted by molar-refractivity contribution is -0.120. The molecule has 4 heteroatoms. The zero-order valence-corrected chi connectivity index (χ0v) is 9.25. The van der Waals surface area contributed by atoms with Crippen molar-refractivity contribution in [3.05, 3.63) is 34.3 Å². The van der Waals surface area contributed by atoms with Gasteiger partial charge in [0.1, 0.15) is 0 Å². The van der Waals surface area contributed by atoms with Crippen molar-refractivity contribution in [2.75, 3.05) is 13.2 Å². The number of hydrogen-bond donors (Lipinski definition) is 2. The van der Waals surface area contributed by atoms with Crippen LogP contribution in [0.3, 0.4) is 0 Å². The summed E-state index contributed by atoms with van der Waals surface area (Å²) >= 11 is 3.32. The third-order valence-corrected chi connectivity index (χ3v) is 2.24. The van der Waals surface area contributed by atoms with Crippen LogP contribution in [-0.4, -0.2) is 24.2 Å². The minimum atomic E-state index is -0.0682. The smallest absolute Gasteiger partial charge is 0.224 e. The van der Waals surface area contributed by atoms with Crippen molar-refractivity contribution < 1.29 is 9.90 Å². The maximum absolute atomic E-state index is 11.2. The maximum atomic E-state index is 11.2. The SMILES string of the molecule is O=C(Cc1ccc(Br)cc1)NCCO. The summed E-state index contributed by atoms with van der Waals surface area (Å²) < 4.78 is 0.997. The summed E-state index contributed by atoms with van der Waals surface area (Å²) in [5, 5.41) is 11.1. The van der Waals surface area contributed by atoms with Gasteiger partial charge >= 0.3 is 0 Å². The first-order chi connectivity index (χ1) is 6.72. The van der Waals surface area contributed by atoms with Gasteiger partial charge in [0.15, 0.2) is 0 Å². The Labute approximate surface area is 91.3 Å². The number of hydrogen-bond acceptors (Lipinski definition) is 2. The van der Waals surface area contributed by atoms with Gasteiger partial charge in [-0.15, -0.1) is 0 Å². The van der Waals surface area contributed by atoms with Gasteiger partial charge in [-0.05, 0) is 17.7 Å².